The number of hydrogen-bond donors (Lipinski definition) is 2. The summed E-state index contributed by atoms with van der Waals surface area (Å²) in [5.41, 5.74) is 12.9. The van der Waals surface area contributed by atoms with Crippen molar-refractivity contribution in [1.29, 1.82) is 0 Å². The molecule has 274 valence electrons. The zero-order chi connectivity index (χ0) is 38.2. The van der Waals surface area contributed by atoms with Crippen LogP contribution in [0.1, 0.15) is 22.8 Å². The molecule has 8 nitrogen and oxygen atoms in total. The first-order valence-electron chi connectivity index (χ1n) is 17.3. The SMILES string of the molecule is [Na+].[Na+].[Na+].[Na+].[O-]Sc1ccc(-c2c3nc(c(-c4ccc(S[O-])cc4)c4ccc([nH]4)c(-c4ccc(S[O-])cc4)c4nc(c(-c5ccc(S[O-])cc5)c5ccc2[nH]5)C=C4)C=C3)cc1. The minimum absolute atomic E-state index is 0. The summed E-state index contributed by atoms with van der Waals surface area (Å²) in [5, 5.41) is 0. The zero-order valence-electron chi connectivity index (χ0n) is 33.0. The quantitative estimate of drug-likeness (QED) is 0.161. The van der Waals surface area contributed by atoms with Crippen molar-refractivity contribution >= 4 is 94.5 Å². The number of aromatic amines is 2. The molecule has 0 unspecified atom stereocenters. The van der Waals surface area contributed by atoms with Crippen LogP contribution in [0.2, 0.25) is 0 Å². The van der Waals surface area contributed by atoms with Gasteiger partial charge in [-0.25, -0.2) is 58.1 Å². The molecule has 8 bridgehead atoms. The van der Waals surface area contributed by atoms with Crippen LogP contribution < -0.4 is 118 Å². The van der Waals surface area contributed by atoms with Crippen molar-refractivity contribution in [3.05, 3.63) is 144 Å². The summed E-state index contributed by atoms with van der Waals surface area (Å²) in [6.07, 6.45) is 7.97. The van der Waals surface area contributed by atoms with E-state index >= 15 is 0 Å². The van der Waals surface area contributed by atoms with Gasteiger partial charge in [-0.3, -0.25) is 0 Å². The van der Waals surface area contributed by atoms with Gasteiger partial charge in [0.05, 0.1) is 22.8 Å². The second kappa shape index (κ2) is 22.6. The molecule has 60 heavy (non-hydrogen) atoms. The van der Waals surface area contributed by atoms with E-state index in [-0.39, 0.29) is 118 Å². The van der Waals surface area contributed by atoms with Crippen molar-refractivity contribution in [2.75, 3.05) is 0 Å². The van der Waals surface area contributed by atoms with E-state index in [2.05, 4.69) is 9.97 Å². The van der Waals surface area contributed by atoms with Gasteiger partial charge in [0.25, 0.3) is 0 Å². The van der Waals surface area contributed by atoms with Gasteiger partial charge in [-0.05, 0) is 139 Å². The topological polar surface area (TPSA) is 150 Å². The van der Waals surface area contributed by atoms with Crippen LogP contribution in [0.25, 0.3) is 90.9 Å². The van der Waals surface area contributed by atoms with Crippen molar-refractivity contribution in [2.24, 2.45) is 0 Å². The van der Waals surface area contributed by atoms with E-state index < -0.39 is 0 Å². The molecule has 2 aliphatic rings. The van der Waals surface area contributed by atoms with Gasteiger partial charge < -0.3 is 28.2 Å². The molecular weight excluding hydrogens is 869 g/mol. The Balaban J connectivity index is 0.00000171. The second-order valence-electron chi connectivity index (χ2n) is 12.9. The molecule has 0 aliphatic carbocycles. The summed E-state index contributed by atoms with van der Waals surface area (Å²) in [6, 6.07) is 38.0. The van der Waals surface area contributed by atoms with Crippen LogP contribution in [0.15, 0.2) is 141 Å². The van der Waals surface area contributed by atoms with Crippen LogP contribution >= 0.6 is 48.2 Å². The predicted molar refractivity (Wildman–Crippen MR) is 227 cm³/mol. The normalized spacial score (nSPS) is 11.3. The standard InChI is InChI=1S/C44H30N4O4S4.4Na/c49-53-29-9-1-25(2-10-29)41-33-17-19-35(45-33)42(26-3-11-30(54-50)12-4-26)37-21-23-39(47-37)44(28-7-15-32(56-52)16-8-28)40-24-22-38(48-40)43(36-20-18-34(41)46-36)27-5-13-31(55-51)14-6-27;;;;/h1-24,45,48-52H;;;;/q;4*+1/p-4. The molecule has 0 atom stereocenters. The van der Waals surface area contributed by atoms with E-state index in [1.54, 1.807) is 0 Å². The van der Waals surface area contributed by atoms with Crippen molar-refractivity contribution in [3.8, 4) is 44.5 Å². The first-order chi connectivity index (χ1) is 27.5. The van der Waals surface area contributed by atoms with Crippen LogP contribution in [0.3, 0.4) is 0 Å². The maximum absolute atomic E-state index is 11.7. The number of rotatable bonds is 8. The van der Waals surface area contributed by atoms with Crippen LogP contribution in [0.5, 0.6) is 0 Å². The molecule has 4 aromatic carbocycles. The molecule has 9 rings (SSSR count). The van der Waals surface area contributed by atoms with E-state index in [1.165, 1.54) is 0 Å². The van der Waals surface area contributed by atoms with Gasteiger partial charge in [0.1, 0.15) is 0 Å². The van der Waals surface area contributed by atoms with Gasteiger partial charge in [0.2, 0.25) is 0 Å². The summed E-state index contributed by atoms with van der Waals surface area (Å²) >= 11 is 1.77. The van der Waals surface area contributed by atoms with Crippen LogP contribution in [-0.2, 0) is 0 Å². The fraction of sp³-hybridized carbons (Fsp3) is 0. The number of hydrogen-bond acceptors (Lipinski definition) is 10. The van der Waals surface area contributed by atoms with E-state index in [4.69, 9.17) is 9.97 Å². The van der Waals surface area contributed by atoms with Gasteiger partial charge in [-0.2, -0.15) is 0 Å². The average Bonchev–Trinajstić information content (AvgIpc) is 4.10. The number of aromatic nitrogens is 4. The van der Waals surface area contributed by atoms with Crippen molar-refractivity contribution in [3.63, 3.8) is 0 Å². The largest absolute Gasteiger partial charge is 1.00 e. The summed E-state index contributed by atoms with van der Waals surface area (Å²) in [6.45, 7) is 0. The van der Waals surface area contributed by atoms with E-state index in [0.29, 0.717) is 67.8 Å². The van der Waals surface area contributed by atoms with Crippen LogP contribution in [0, 0.1) is 0 Å². The summed E-state index contributed by atoms with van der Waals surface area (Å²) in [7, 11) is 0. The predicted octanol–water partition coefficient (Wildman–Crippen LogP) is 0.230. The molecule has 0 amide bonds. The van der Waals surface area contributed by atoms with Crippen LogP contribution in [0.4, 0.5) is 0 Å². The number of nitrogens with one attached hydrogen (secondary N) is 2. The number of nitrogens with zero attached hydrogens (tertiary/aromatic N) is 2. The van der Waals surface area contributed by atoms with Crippen molar-refractivity contribution in [2.45, 2.75) is 19.6 Å². The van der Waals surface area contributed by atoms with E-state index in [9.17, 15) is 18.2 Å². The fourth-order valence-corrected chi connectivity index (χ4v) is 8.12. The van der Waals surface area contributed by atoms with Gasteiger partial charge in [0, 0.05) is 44.3 Å². The van der Waals surface area contributed by atoms with Gasteiger partial charge in [0.15, 0.2) is 0 Å². The first-order valence-corrected chi connectivity index (χ1v) is 20.3. The van der Waals surface area contributed by atoms with E-state index in [0.717, 1.165) is 89.4 Å². The summed E-state index contributed by atoms with van der Waals surface area (Å²) in [5.74, 6) is 0. The Morgan fingerprint density at radius 2 is 0.500 bits per heavy atom. The number of benzene rings is 4. The molecule has 2 N–H and O–H groups in total. The van der Waals surface area contributed by atoms with Gasteiger partial charge in [-0.15, -0.1) is 0 Å². The Bertz CT molecular complexity index is 2470. The maximum atomic E-state index is 11.7. The monoisotopic (exact) mass is 894 g/mol. The number of fused-ring (bicyclic) bond motifs is 8. The molecule has 3 aromatic heterocycles. The Kier molecular flexibility index (Phi) is 18.7. The van der Waals surface area contributed by atoms with Gasteiger partial charge in [-0.1, -0.05) is 48.5 Å². The average molecular weight is 895 g/mol. The Morgan fingerprint density at radius 3 is 0.683 bits per heavy atom. The fourth-order valence-electron chi connectivity index (χ4n) is 7.13. The van der Waals surface area contributed by atoms with E-state index in [1.807, 2.05) is 146 Å². The third kappa shape index (κ3) is 10.3. The Labute approximate surface area is 452 Å². The molecule has 0 spiro atoms. The minimum atomic E-state index is 0. The first kappa shape index (κ1) is 49.7. The third-order valence-corrected chi connectivity index (χ3v) is 11.6. The smallest absolute Gasteiger partial charge is 0.795 e. The molecule has 7 aromatic rings. The summed E-state index contributed by atoms with van der Waals surface area (Å²) < 4.78 is 46.7. The molecule has 5 heterocycles. The van der Waals surface area contributed by atoms with Crippen molar-refractivity contribution in [1.82, 2.24) is 19.9 Å². The second-order valence-corrected chi connectivity index (χ2v) is 15.5. The molecule has 0 saturated heterocycles. The maximum Gasteiger partial charge on any atom is 1.00 e. The molecule has 0 saturated carbocycles. The Morgan fingerprint density at radius 1 is 0.300 bits per heavy atom. The number of H-pyrrole nitrogens is 2. The molecule has 16 heteroatoms. The Hall–Kier alpha value is -1.28. The summed E-state index contributed by atoms with van der Waals surface area (Å²) in [4.78, 5) is 20.3. The molecule has 0 fully saturated rings. The third-order valence-electron chi connectivity index (χ3n) is 9.71. The zero-order valence-corrected chi connectivity index (χ0v) is 44.3. The van der Waals surface area contributed by atoms with Crippen LogP contribution in [-0.4, -0.2) is 38.1 Å². The molecule has 2 aliphatic heterocycles. The minimum Gasteiger partial charge on any atom is -0.795 e. The van der Waals surface area contributed by atoms with Crippen molar-refractivity contribution < 1.29 is 136 Å². The molecule has 0 radical (unpaired) electrons. The molecular formula is C44H26N4Na4O4S4. The van der Waals surface area contributed by atoms with Gasteiger partial charge >= 0.3 is 118 Å².